The Morgan fingerprint density at radius 2 is 2.00 bits per heavy atom. The van der Waals surface area contributed by atoms with Gasteiger partial charge in [-0.1, -0.05) is 24.3 Å². The number of pyridine rings is 1. The third-order valence-corrected chi connectivity index (χ3v) is 5.34. The van der Waals surface area contributed by atoms with Crippen molar-refractivity contribution in [2.24, 2.45) is 0 Å². The van der Waals surface area contributed by atoms with Crippen LogP contribution in [0.3, 0.4) is 0 Å². The highest BCUT2D eigenvalue weighted by Crippen LogP contribution is 2.31. The molecule has 1 aliphatic heterocycles. The molecule has 6 nitrogen and oxygen atoms in total. The minimum atomic E-state index is -0.943. The summed E-state index contributed by atoms with van der Waals surface area (Å²) in [7, 11) is 0. The molecule has 0 unspecified atom stereocenters. The fraction of sp³-hybridized carbons (Fsp3) is 0.350. The lowest BCUT2D eigenvalue weighted by atomic mass is 9.87. The Balaban J connectivity index is 1.53. The van der Waals surface area contributed by atoms with Gasteiger partial charge in [0.25, 0.3) is 0 Å². The van der Waals surface area contributed by atoms with E-state index in [0.717, 1.165) is 23.0 Å². The molecule has 1 N–H and O–H groups in total. The van der Waals surface area contributed by atoms with Crippen LogP contribution in [0.15, 0.2) is 48.9 Å². The van der Waals surface area contributed by atoms with Gasteiger partial charge in [-0.2, -0.15) is 5.10 Å². The van der Waals surface area contributed by atoms with E-state index in [2.05, 4.69) is 39.2 Å². The van der Waals surface area contributed by atoms with Gasteiger partial charge in [-0.25, -0.2) is 4.79 Å². The van der Waals surface area contributed by atoms with Crippen molar-refractivity contribution in [3.05, 3.63) is 60.0 Å². The van der Waals surface area contributed by atoms with E-state index in [1.54, 1.807) is 10.9 Å². The molecule has 1 fully saturated rings. The van der Waals surface area contributed by atoms with Crippen molar-refractivity contribution in [1.82, 2.24) is 19.7 Å². The second-order valence-electron chi connectivity index (χ2n) is 7.07. The molecular formula is C20H22N4O2. The van der Waals surface area contributed by atoms with Gasteiger partial charge in [0.1, 0.15) is 0 Å². The molecule has 1 aromatic carbocycles. The largest absolute Gasteiger partial charge is 0.479 e. The van der Waals surface area contributed by atoms with Crippen LogP contribution in [-0.4, -0.2) is 43.8 Å². The molecule has 0 saturated carbocycles. The number of nitrogens with zero attached hydrogens (tertiary/aromatic N) is 4. The number of para-hydroxylation sites is 1. The number of rotatable bonds is 4. The molecule has 134 valence electrons. The predicted octanol–water partition coefficient (Wildman–Crippen LogP) is 2.82. The summed E-state index contributed by atoms with van der Waals surface area (Å²) in [6.07, 6.45) is 6.46. The van der Waals surface area contributed by atoms with Crippen LogP contribution in [0.4, 0.5) is 0 Å². The van der Waals surface area contributed by atoms with Gasteiger partial charge < -0.3 is 5.11 Å². The van der Waals surface area contributed by atoms with Gasteiger partial charge in [-0.15, -0.1) is 0 Å². The van der Waals surface area contributed by atoms with E-state index in [-0.39, 0.29) is 0 Å². The van der Waals surface area contributed by atoms with E-state index in [1.165, 1.54) is 5.56 Å². The number of hydrogen-bond donors (Lipinski definition) is 1. The summed E-state index contributed by atoms with van der Waals surface area (Å²) >= 11 is 0. The van der Waals surface area contributed by atoms with E-state index in [9.17, 15) is 9.90 Å². The fourth-order valence-electron chi connectivity index (χ4n) is 3.80. The summed E-state index contributed by atoms with van der Waals surface area (Å²) in [5.41, 5.74) is 2.24. The third-order valence-electron chi connectivity index (χ3n) is 5.34. The van der Waals surface area contributed by atoms with Gasteiger partial charge in [-0.05, 0) is 37.0 Å². The van der Waals surface area contributed by atoms with E-state index >= 15 is 0 Å². The SMILES string of the molecule is Cc1cnn(C2(C(=O)O)CCN(Cc3cccc4cccnc34)CC2)c1. The Morgan fingerprint density at radius 3 is 2.69 bits per heavy atom. The minimum absolute atomic E-state index is 0.543. The molecule has 0 aliphatic carbocycles. The Labute approximate surface area is 152 Å². The van der Waals surface area contributed by atoms with Gasteiger partial charge in [0.05, 0.1) is 11.7 Å². The molecule has 0 radical (unpaired) electrons. The second-order valence-corrected chi connectivity index (χ2v) is 7.07. The Bertz CT molecular complexity index is 936. The molecule has 0 atom stereocenters. The van der Waals surface area contributed by atoms with Crippen molar-refractivity contribution in [3.8, 4) is 0 Å². The number of aromatic nitrogens is 3. The van der Waals surface area contributed by atoms with Crippen LogP contribution in [-0.2, 0) is 16.9 Å². The van der Waals surface area contributed by atoms with Crippen molar-refractivity contribution in [3.63, 3.8) is 0 Å². The molecule has 4 rings (SSSR count). The topological polar surface area (TPSA) is 71.2 Å². The van der Waals surface area contributed by atoms with Gasteiger partial charge in [0, 0.05) is 37.4 Å². The maximum Gasteiger partial charge on any atom is 0.331 e. The number of aryl methyl sites for hydroxylation is 1. The lowest BCUT2D eigenvalue weighted by Gasteiger charge is -2.39. The number of hydrogen-bond acceptors (Lipinski definition) is 4. The average Bonchev–Trinajstić information content (AvgIpc) is 3.09. The van der Waals surface area contributed by atoms with Crippen LogP contribution >= 0.6 is 0 Å². The van der Waals surface area contributed by atoms with E-state index < -0.39 is 11.5 Å². The Hall–Kier alpha value is -2.73. The zero-order valence-electron chi connectivity index (χ0n) is 14.8. The first-order valence-corrected chi connectivity index (χ1v) is 8.89. The van der Waals surface area contributed by atoms with E-state index in [1.807, 2.05) is 25.4 Å². The molecule has 1 saturated heterocycles. The van der Waals surface area contributed by atoms with Crippen LogP contribution in [0, 0.1) is 6.92 Å². The van der Waals surface area contributed by atoms with Gasteiger partial charge in [0.15, 0.2) is 5.54 Å². The highest BCUT2D eigenvalue weighted by atomic mass is 16.4. The van der Waals surface area contributed by atoms with Crippen molar-refractivity contribution in [2.45, 2.75) is 31.8 Å². The summed E-state index contributed by atoms with van der Waals surface area (Å²) in [6, 6.07) is 10.2. The number of carbonyl (C=O) groups is 1. The number of carboxylic acids is 1. The molecule has 3 heterocycles. The van der Waals surface area contributed by atoms with Crippen molar-refractivity contribution < 1.29 is 9.90 Å². The number of carboxylic acid groups (broad SMARTS) is 1. The van der Waals surface area contributed by atoms with Crippen molar-refractivity contribution in [1.29, 1.82) is 0 Å². The Kier molecular flexibility index (Phi) is 4.20. The average molecular weight is 350 g/mol. The number of aliphatic carboxylic acids is 1. The van der Waals surface area contributed by atoms with Gasteiger partial charge in [0.2, 0.25) is 0 Å². The van der Waals surface area contributed by atoms with Gasteiger partial charge in [-0.3, -0.25) is 14.6 Å². The summed E-state index contributed by atoms with van der Waals surface area (Å²) in [6.45, 7) is 4.15. The van der Waals surface area contributed by atoms with Gasteiger partial charge >= 0.3 is 5.97 Å². The smallest absolute Gasteiger partial charge is 0.331 e. The molecule has 0 amide bonds. The number of piperidine rings is 1. The number of benzene rings is 1. The first kappa shape index (κ1) is 16.7. The highest BCUT2D eigenvalue weighted by molar-refractivity contribution is 5.81. The molecule has 0 bridgehead atoms. The number of likely N-dealkylation sites (tertiary alicyclic amines) is 1. The molecule has 0 spiro atoms. The van der Waals surface area contributed by atoms with Crippen LogP contribution in [0.2, 0.25) is 0 Å². The lowest BCUT2D eigenvalue weighted by molar-refractivity contribution is -0.151. The zero-order valence-corrected chi connectivity index (χ0v) is 14.8. The predicted molar refractivity (Wildman–Crippen MR) is 98.8 cm³/mol. The summed E-state index contributed by atoms with van der Waals surface area (Å²) in [5, 5.41) is 15.3. The molecule has 3 aromatic rings. The Morgan fingerprint density at radius 1 is 1.23 bits per heavy atom. The van der Waals surface area contributed by atoms with Crippen LogP contribution in [0.25, 0.3) is 10.9 Å². The maximum absolute atomic E-state index is 12.0. The quantitative estimate of drug-likeness (QED) is 0.783. The zero-order chi connectivity index (χ0) is 18.1. The fourth-order valence-corrected chi connectivity index (χ4v) is 3.80. The molecule has 6 heteroatoms. The van der Waals surface area contributed by atoms with Crippen LogP contribution in [0.5, 0.6) is 0 Å². The van der Waals surface area contributed by atoms with E-state index in [4.69, 9.17) is 0 Å². The van der Waals surface area contributed by atoms with Crippen LogP contribution < -0.4 is 0 Å². The number of fused-ring (bicyclic) bond motifs is 1. The molecule has 2 aromatic heterocycles. The first-order chi connectivity index (χ1) is 12.6. The second kappa shape index (κ2) is 6.53. The van der Waals surface area contributed by atoms with Crippen LogP contribution in [0.1, 0.15) is 24.0 Å². The summed E-state index contributed by atoms with van der Waals surface area (Å²) in [5.74, 6) is -0.799. The van der Waals surface area contributed by atoms with Crippen molar-refractivity contribution in [2.75, 3.05) is 13.1 Å². The summed E-state index contributed by atoms with van der Waals surface area (Å²) < 4.78 is 1.64. The summed E-state index contributed by atoms with van der Waals surface area (Å²) in [4.78, 5) is 18.9. The molecular weight excluding hydrogens is 328 g/mol. The first-order valence-electron chi connectivity index (χ1n) is 8.89. The normalized spacial score (nSPS) is 17.4. The molecule has 26 heavy (non-hydrogen) atoms. The lowest BCUT2D eigenvalue weighted by Crippen LogP contribution is -2.51. The molecule has 1 aliphatic rings. The van der Waals surface area contributed by atoms with E-state index in [0.29, 0.717) is 25.9 Å². The standard InChI is InChI=1S/C20H22N4O2/c1-15-12-22-24(13-15)20(19(25)26)7-10-23(11-8-20)14-17-5-2-4-16-6-3-9-21-18(16)17/h2-6,9,12-13H,7-8,10-11,14H2,1H3,(H,25,26). The monoisotopic (exact) mass is 350 g/mol. The maximum atomic E-state index is 12.0. The highest BCUT2D eigenvalue weighted by Gasteiger charge is 2.44. The minimum Gasteiger partial charge on any atom is -0.479 e. The van der Waals surface area contributed by atoms with Crippen molar-refractivity contribution >= 4 is 16.9 Å². The third kappa shape index (κ3) is 2.86.